The van der Waals surface area contributed by atoms with Crippen LogP contribution in [-0.4, -0.2) is 32.3 Å². The van der Waals surface area contributed by atoms with Gasteiger partial charge in [0.2, 0.25) is 5.95 Å². The summed E-state index contributed by atoms with van der Waals surface area (Å²) in [5.74, 6) is 0.360. The maximum Gasteiger partial charge on any atom is 0.213 e. The lowest BCUT2D eigenvalue weighted by Crippen LogP contribution is -2.49. The minimum Gasteiger partial charge on any atom is -0.494 e. The molecule has 2 aromatic heterocycles. The van der Waals surface area contributed by atoms with Crippen LogP contribution in [0.1, 0.15) is 48.5 Å². The summed E-state index contributed by atoms with van der Waals surface area (Å²) in [6.07, 6.45) is 4.38. The molecule has 1 N–H and O–H groups in total. The number of nitrogens with zero attached hydrogens (tertiary/aromatic N) is 1. The van der Waals surface area contributed by atoms with E-state index in [0.29, 0.717) is 17.2 Å². The predicted molar refractivity (Wildman–Crippen MR) is 127 cm³/mol. The van der Waals surface area contributed by atoms with E-state index in [1.54, 1.807) is 23.6 Å². The number of rotatable bonds is 8. The van der Waals surface area contributed by atoms with Gasteiger partial charge in [-0.05, 0) is 79.1 Å². The summed E-state index contributed by atoms with van der Waals surface area (Å²) >= 11 is 1.24. The second kappa shape index (κ2) is 9.16. The van der Waals surface area contributed by atoms with Gasteiger partial charge in [0.1, 0.15) is 9.96 Å². The highest BCUT2D eigenvalue weighted by molar-refractivity contribution is 7.93. The lowest BCUT2D eigenvalue weighted by atomic mass is 9.59. The standard InChI is InChI=1S/C25H27FN2O3S2/c26-22-6-1-5-21(28-22)25(11-3-12-25)24-20-17-19(9-8-18(20)10-13-27-24)31-14-4-16-33(29,30)23-7-2-15-32-23/h1-2,5-9,15,17,24,27H,3-4,10-14,16H2. The first-order valence-corrected chi connectivity index (χ1v) is 13.9. The molecule has 5 rings (SSSR count). The molecule has 5 nitrogen and oxygen atoms in total. The van der Waals surface area contributed by atoms with Crippen LogP contribution in [0.25, 0.3) is 0 Å². The Kier molecular flexibility index (Phi) is 6.24. The van der Waals surface area contributed by atoms with E-state index in [0.717, 1.165) is 43.7 Å². The van der Waals surface area contributed by atoms with Gasteiger partial charge in [-0.2, -0.15) is 4.39 Å². The van der Waals surface area contributed by atoms with E-state index in [-0.39, 0.29) is 17.2 Å². The van der Waals surface area contributed by atoms with Crippen LogP contribution >= 0.6 is 11.3 Å². The van der Waals surface area contributed by atoms with Crippen LogP contribution in [0.15, 0.2) is 58.1 Å². The molecule has 0 amide bonds. The Bertz CT molecular complexity index is 1220. The zero-order chi connectivity index (χ0) is 22.9. The van der Waals surface area contributed by atoms with Crippen molar-refractivity contribution in [3.8, 4) is 5.75 Å². The number of thiophene rings is 1. The zero-order valence-electron chi connectivity index (χ0n) is 18.3. The predicted octanol–water partition coefficient (Wildman–Crippen LogP) is 4.83. The van der Waals surface area contributed by atoms with Gasteiger partial charge < -0.3 is 10.1 Å². The lowest BCUT2D eigenvalue weighted by molar-refractivity contribution is 0.157. The number of halogens is 1. The Hall–Kier alpha value is -2.29. The van der Waals surface area contributed by atoms with Crippen molar-refractivity contribution in [1.82, 2.24) is 10.3 Å². The Balaban J connectivity index is 1.32. The normalized spacial score (nSPS) is 19.5. The zero-order valence-corrected chi connectivity index (χ0v) is 19.9. The van der Waals surface area contributed by atoms with Gasteiger partial charge in [0.15, 0.2) is 9.84 Å². The van der Waals surface area contributed by atoms with Crippen molar-refractivity contribution in [3.63, 3.8) is 0 Å². The van der Waals surface area contributed by atoms with Crippen LogP contribution in [0.4, 0.5) is 4.39 Å². The fourth-order valence-electron chi connectivity index (χ4n) is 5.03. The van der Waals surface area contributed by atoms with Crippen molar-refractivity contribution >= 4 is 21.2 Å². The van der Waals surface area contributed by atoms with E-state index in [2.05, 4.69) is 22.4 Å². The van der Waals surface area contributed by atoms with E-state index in [4.69, 9.17) is 4.74 Å². The van der Waals surface area contributed by atoms with E-state index in [1.807, 2.05) is 12.1 Å². The lowest BCUT2D eigenvalue weighted by Gasteiger charge is -2.49. The average molecular weight is 487 g/mol. The first kappa shape index (κ1) is 22.5. The van der Waals surface area contributed by atoms with Crippen molar-refractivity contribution in [1.29, 1.82) is 0 Å². The second-order valence-corrected chi connectivity index (χ2v) is 12.1. The quantitative estimate of drug-likeness (QED) is 0.365. The van der Waals surface area contributed by atoms with Crippen molar-refractivity contribution in [3.05, 3.63) is 76.7 Å². The van der Waals surface area contributed by atoms with Crippen LogP contribution in [0.5, 0.6) is 5.75 Å². The van der Waals surface area contributed by atoms with Gasteiger partial charge in [-0.25, -0.2) is 13.4 Å². The highest BCUT2D eigenvalue weighted by Gasteiger charge is 2.48. The molecule has 1 aromatic carbocycles. The monoisotopic (exact) mass is 486 g/mol. The van der Waals surface area contributed by atoms with Crippen molar-refractivity contribution in [2.24, 2.45) is 0 Å². The number of hydrogen-bond acceptors (Lipinski definition) is 6. The number of nitrogens with one attached hydrogen (secondary N) is 1. The Morgan fingerprint density at radius 3 is 2.79 bits per heavy atom. The average Bonchev–Trinajstić information content (AvgIpc) is 3.32. The number of ether oxygens (including phenoxy) is 1. The Labute approximate surface area is 197 Å². The molecule has 33 heavy (non-hydrogen) atoms. The highest BCUT2D eigenvalue weighted by Crippen LogP contribution is 2.53. The fraction of sp³-hybridized carbons (Fsp3) is 0.400. The molecule has 8 heteroatoms. The Morgan fingerprint density at radius 2 is 2.06 bits per heavy atom. The van der Waals surface area contributed by atoms with Crippen molar-refractivity contribution < 1.29 is 17.5 Å². The molecular weight excluding hydrogens is 459 g/mol. The first-order valence-electron chi connectivity index (χ1n) is 11.4. The van der Waals surface area contributed by atoms with Crippen LogP contribution in [0.2, 0.25) is 0 Å². The summed E-state index contributed by atoms with van der Waals surface area (Å²) in [6.45, 7) is 1.20. The number of pyridine rings is 1. The third-order valence-corrected chi connectivity index (χ3v) is 10.1. The largest absolute Gasteiger partial charge is 0.494 e. The Morgan fingerprint density at radius 1 is 1.18 bits per heavy atom. The van der Waals surface area contributed by atoms with Gasteiger partial charge in [-0.1, -0.05) is 24.6 Å². The topological polar surface area (TPSA) is 68.3 Å². The number of sulfone groups is 1. The van der Waals surface area contributed by atoms with Gasteiger partial charge in [0, 0.05) is 11.5 Å². The van der Waals surface area contributed by atoms with Gasteiger partial charge in [-0.3, -0.25) is 0 Å². The van der Waals surface area contributed by atoms with Gasteiger partial charge in [0.25, 0.3) is 0 Å². The molecule has 2 aliphatic rings. The maximum atomic E-state index is 13.9. The molecule has 174 valence electrons. The van der Waals surface area contributed by atoms with Crippen LogP contribution in [0.3, 0.4) is 0 Å². The molecule has 0 saturated heterocycles. The smallest absolute Gasteiger partial charge is 0.213 e. The van der Waals surface area contributed by atoms with E-state index in [9.17, 15) is 12.8 Å². The molecule has 1 aliphatic heterocycles. The number of benzene rings is 1. The summed E-state index contributed by atoms with van der Waals surface area (Å²) in [4.78, 5) is 4.25. The summed E-state index contributed by atoms with van der Waals surface area (Å²) in [5, 5.41) is 5.44. The third kappa shape index (κ3) is 4.44. The van der Waals surface area contributed by atoms with Crippen molar-refractivity contribution in [2.75, 3.05) is 18.9 Å². The molecule has 1 saturated carbocycles. The van der Waals surface area contributed by atoms with Crippen LogP contribution in [0, 0.1) is 5.95 Å². The molecule has 1 aliphatic carbocycles. The number of fused-ring (bicyclic) bond motifs is 1. The van der Waals surface area contributed by atoms with E-state index < -0.39 is 15.8 Å². The van der Waals surface area contributed by atoms with Crippen molar-refractivity contribution in [2.45, 2.75) is 47.8 Å². The molecule has 0 radical (unpaired) electrons. The van der Waals surface area contributed by atoms with Gasteiger partial charge in [-0.15, -0.1) is 11.3 Å². The summed E-state index contributed by atoms with van der Waals surface area (Å²) in [5.41, 5.74) is 3.04. The molecule has 0 spiro atoms. The van der Waals surface area contributed by atoms with Crippen LogP contribution < -0.4 is 10.1 Å². The molecular formula is C25H27FN2O3S2. The third-order valence-electron chi connectivity index (χ3n) is 6.82. The minimum atomic E-state index is -3.25. The molecule has 1 unspecified atom stereocenters. The number of hydrogen-bond donors (Lipinski definition) is 1. The van der Waals surface area contributed by atoms with E-state index in [1.165, 1.54) is 28.5 Å². The molecule has 3 heterocycles. The number of aromatic nitrogens is 1. The highest BCUT2D eigenvalue weighted by atomic mass is 32.2. The minimum absolute atomic E-state index is 0.0482. The maximum absolute atomic E-state index is 13.9. The first-order chi connectivity index (χ1) is 16.0. The summed E-state index contributed by atoms with van der Waals surface area (Å²) < 4.78 is 45.0. The summed E-state index contributed by atoms with van der Waals surface area (Å²) in [7, 11) is -3.25. The van der Waals surface area contributed by atoms with E-state index >= 15 is 0 Å². The molecule has 3 aromatic rings. The molecule has 1 atom stereocenters. The summed E-state index contributed by atoms with van der Waals surface area (Å²) in [6, 6.07) is 14.6. The SMILES string of the molecule is O=S(=O)(CCCOc1ccc2c(c1)C(C1(c3cccc(F)n3)CCC1)NCC2)c1cccs1. The fourth-order valence-corrected chi connectivity index (χ4v) is 7.47. The van der Waals surface area contributed by atoms with Gasteiger partial charge >= 0.3 is 0 Å². The van der Waals surface area contributed by atoms with Crippen LogP contribution in [-0.2, 0) is 21.7 Å². The molecule has 1 fully saturated rings. The molecule has 0 bridgehead atoms. The second-order valence-electron chi connectivity index (χ2n) is 8.81. The van der Waals surface area contributed by atoms with Gasteiger partial charge in [0.05, 0.1) is 18.1 Å².